The molecule has 56 valence electrons. The first-order valence-corrected chi connectivity index (χ1v) is 3.69. The fourth-order valence-corrected chi connectivity index (χ4v) is 0.672. The summed E-state index contributed by atoms with van der Waals surface area (Å²) in [5.41, 5.74) is 1.60. The van der Waals surface area contributed by atoms with E-state index in [1.165, 1.54) is 0 Å². The van der Waals surface area contributed by atoms with Crippen LogP contribution in [0.25, 0.3) is 0 Å². The normalized spacial score (nSPS) is 11.3. The Labute approximate surface area is 69.9 Å². The molecule has 0 bridgehead atoms. The summed E-state index contributed by atoms with van der Waals surface area (Å²) in [7, 11) is 0. The van der Waals surface area contributed by atoms with E-state index in [2.05, 4.69) is 29.1 Å². The van der Waals surface area contributed by atoms with Crippen LogP contribution < -0.4 is 0 Å². The highest BCUT2D eigenvalue weighted by Gasteiger charge is 1.91. The Morgan fingerprint density at radius 3 is 2.40 bits per heavy atom. The monoisotopic (exact) mass is 202 g/mol. The maximum atomic E-state index is 8.57. The van der Waals surface area contributed by atoms with E-state index in [0.29, 0.717) is 5.57 Å². The Balaban J connectivity index is 4.16. The first-order chi connectivity index (χ1) is 4.57. The second kappa shape index (κ2) is 4.47. The highest BCUT2D eigenvalue weighted by atomic mass is 79.9. The van der Waals surface area contributed by atoms with Crippen molar-refractivity contribution in [2.75, 3.05) is 6.61 Å². The molecular weight excluding hydrogens is 192 g/mol. The SMILES string of the molecule is C=C(/C=C(/Br)C(=C)C)CO. The van der Waals surface area contributed by atoms with E-state index in [-0.39, 0.29) is 6.61 Å². The van der Waals surface area contributed by atoms with Crippen LogP contribution in [-0.2, 0) is 0 Å². The van der Waals surface area contributed by atoms with Gasteiger partial charge in [0, 0.05) is 4.48 Å². The van der Waals surface area contributed by atoms with Gasteiger partial charge in [-0.2, -0.15) is 0 Å². The van der Waals surface area contributed by atoms with Crippen molar-refractivity contribution in [3.05, 3.63) is 34.9 Å². The minimum absolute atomic E-state index is 0.0115. The third-order valence-corrected chi connectivity index (χ3v) is 1.85. The fraction of sp³-hybridized carbons (Fsp3) is 0.250. The Bertz CT molecular complexity index is 180. The van der Waals surface area contributed by atoms with Gasteiger partial charge in [0.2, 0.25) is 0 Å². The van der Waals surface area contributed by atoms with Crippen LogP contribution in [0, 0.1) is 0 Å². The minimum atomic E-state index is -0.0115. The highest BCUT2D eigenvalue weighted by Crippen LogP contribution is 2.15. The van der Waals surface area contributed by atoms with Crippen molar-refractivity contribution >= 4 is 15.9 Å². The van der Waals surface area contributed by atoms with E-state index in [9.17, 15) is 0 Å². The van der Waals surface area contributed by atoms with E-state index < -0.39 is 0 Å². The van der Waals surface area contributed by atoms with E-state index in [4.69, 9.17) is 5.11 Å². The fourth-order valence-electron chi connectivity index (χ4n) is 0.348. The van der Waals surface area contributed by atoms with E-state index in [1.807, 2.05) is 6.92 Å². The Morgan fingerprint density at radius 2 is 2.10 bits per heavy atom. The van der Waals surface area contributed by atoms with Crippen molar-refractivity contribution in [1.82, 2.24) is 0 Å². The van der Waals surface area contributed by atoms with Crippen LogP contribution in [0.3, 0.4) is 0 Å². The van der Waals surface area contributed by atoms with Crippen molar-refractivity contribution in [2.45, 2.75) is 6.92 Å². The molecule has 0 saturated carbocycles. The van der Waals surface area contributed by atoms with Crippen molar-refractivity contribution in [2.24, 2.45) is 0 Å². The van der Waals surface area contributed by atoms with Crippen LogP contribution in [0.15, 0.2) is 34.9 Å². The van der Waals surface area contributed by atoms with Gasteiger partial charge in [-0.25, -0.2) is 0 Å². The molecule has 0 radical (unpaired) electrons. The highest BCUT2D eigenvalue weighted by molar-refractivity contribution is 9.12. The van der Waals surface area contributed by atoms with Crippen LogP contribution in [-0.4, -0.2) is 11.7 Å². The van der Waals surface area contributed by atoms with Crippen molar-refractivity contribution in [3.8, 4) is 0 Å². The van der Waals surface area contributed by atoms with Gasteiger partial charge in [0.25, 0.3) is 0 Å². The van der Waals surface area contributed by atoms with Gasteiger partial charge in [0.1, 0.15) is 0 Å². The summed E-state index contributed by atoms with van der Waals surface area (Å²) in [4.78, 5) is 0. The number of rotatable bonds is 3. The molecule has 0 unspecified atom stereocenters. The van der Waals surface area contributed by atoms with Crippen LogP contribution in [0.2, 0.25) is 0 Å². The van der Waals surface area contributed by atoms with Gasteiger partial charge in [-0.05, 0) is 24.1 Å². The zero-order chi connectivity index (χ0) is 8.15. The number of halogens is 1. The lowest BCUT2D eigenvalue weighted by molar-refractivity contribution is 0.335. The van der Waals surface area contributed by atoms with Gasteiger partial charge >= 0.3 is 0 Å². The Hall–Kier alpha value is -0.340. The molecule has 0 aromatic heterocycles. The Morgan fingerprint density at radius 1 is 1.60 bits per heavy atom. The van der Waals surface area contributed by atoms with Gasteiger partial charge in [0.15, 0.2) is 0 Å². The molecule has 0 atom stereocenters. The number of aliphatic hydroxyl groups is 1. The molecule has 0 aliphatic heterocycles. The van der Waals surface area contributed by atoms with Crippen LogP contribution in [0.4, 0.5) is 0 Å². The molecular formula is C8H11BrO. The molecule has 1 nitrogen and oxygen atoms in total. The summed E-state index contributed by atoms with van der Waals surface area (Å²) in [5.74, 6) is 0. The lowest BCUT2D eigenvalue weighted by Crippen LogP contribution is -1.84. The molecule has 10 heavy (non-hydrogen) atoms. The van der Waals surface area contributed by atoms with Gasteiger partial charge < -0.3 is 5.11 Å². The molecule has 0 saturated heterocycles. The molecule has 0 aliphatic carbocycles. The maximum Gasteiger partial charge on any atom is 0.0676 e. The molecule has 2 heteroatoms. The molecule has 0 aromatic carbocycles. The largest absolute Gasteiger partial charge is 0.392 e. The van der Waals surface area contributed by atoms with E-state index in [0.717, 1.165) is 10.1 Å². The summed E-state index contributed by atoms with van der Waals surface area (Å²) in [5, 5.41) is 8.57. The molecule has 0 aliphatic rings. The van der Waals surface area contributed by atoms with Crippen molar-refractivity contribution in [1.29, 1.82) is 0 Å². The second-order valence-corrected chi connectivity index (χ2v) is 2.94. The van der Waals surface area contributed by atoms with Crippen molar-refractivity contribution in [3.63, 3.8) is 0 Å². The topological polar surface area (TPSA) is 20.2 Å². The van der Waals surface area contributed by atoms with Crippen molar-refractivity contribution < 1.29 is 5.11 Å². The second-order valence-electron chi connectivity index (χ2n) is 2.09. The zero-order valence-electron chi connectivity index (χ0n) is 6.02. The average Bonchev–Trinajstić information content (AvgIpc) is 1.87. The summed E-state index contributed by atoms with van der Waals surface area (Å²) in [6, 6.07) is 0. The summed E-state index contributed by atoms with van der Waals surface area (Å²) >= 11 is 3.27. The molecule has 0 amide bonds. The quantitative estimate of drug-likeness (QED) is 0.698. The predicted molar refractivity (Wildman–Crippen MR) is 48.0 cm³/mol. The lowest BCUT2D eigenvalue weighted by atomic mass is 10.2. The first kappa shape index (κ1) is 9.66. The molecule has 0 fully saturated rings. The number of hydrogen-bond acceptors (Lipinski definition) is 1. The lowest BCUT2D eigenvalue weighted by Gasteiger charge is -1.96. The molecule has 0 spiro atoms. The molecule has 0 heterocycles. The third kappa shape index (κ3) is 3.64. The molecule has 0 aromatic rings. The average molecular weight is 203 g/mol. The number of aliphatic hydroxyl groups excluding tert-OH is 1. The van der Waals surface area contributed by atoms with E-state index in [1.54, 1.807) is 6.08 Å². The van der Waals surface area contributed by atoms with E-state index >= 15 is 0 Å². The van der Waals surface area contributed by atoms with Crippen LogP contribution in [0.1, 0.15) is 6.92 Å². The molecule has 1 N–H and O–H groups in total. The standard InChI is InChI=1S/C8H11BrO/c1-6(2)8(9)4-7(3)5-10/h4,10H,1,3,5H2,2H3/b8-4+. The zero-order valence-corrected chi connectivity index (χ0v) is 7.61. The number of allylic oxidation sites excluding steroid dienone is 2. The number of hydrogen-bond donors (Lipinski definition) is 1. The predicted octanol–water partition coefficient (Wildman–Crippen LogP) is 2.39. The van der Waals surface area contributed by atoms with Gasteiger partial charge in [-0.15, -0.1) is 0 Å². The minimum Gasteiger partial charge on any atom is -0.392 e. The maximum absolute atomic E-state index is 8.57. The molecule has 0 rings (SSSR count). The van der Waals surface area contributed by atoms with Crippen LogP contribution >= 0.6 is 15.9 Å². The van der Waals surface area contributed by atoms with Crippen LogP contribution in [0.5, 0.6) is 0 Å². The van der Waals surface area contributed by atoms with Gasteiger partial charge in [0.05, 0.1) is 6.61 Å². The summed E-state index contributed by atoms with van der Waals surface area (Å²) in [6.07, 6.45) is 1.75. The van der Waals surface area contributed by atoms with Gasteiger partial charge in [-0.3, -0.25) is 0 Å². The third-order valence-electron chi connectivity index (χ3n) is 0.942. The summed E-state index contributed by atoms with van der Waals surface area (Å²) < 4.78 is 0.881. The summed E-state index contributed by atoms with van der Waals surface area (Å²) in [6.45, 7) is 9.17. The van der Waals surface area contributed by atoms with Gasteiger partial charge in [-0.1, -0.05) is 29.1 Å². The Kier molecular flexibility index (Phi) is 4.32. The first-order valence-electron chi connectivity index (χ1n) is 2.89. The smallest absolute Gasteiger partial charge is 0.0676 e.